The lowest BCUT2D eigenvalue weighted by Crippen LogP contribution is -2.48. The second-order valence-corrected chi connectivity index (χ2v) is 6.37. The van der Waals surface area contributed by atoms with Crippen molar-refractivity contribution in [1.29, 1.82) is 0 Å². The molecule has 0 aliphatic carbocycles. The van der Waals surface area contributed by atoms with Gasteiger partial charge in [0.1, 0.15) is 0 Å². The van der Waals surface area contributed by atoms with Gasteiger partial charge >= 0.3 is 0 Å². The second-order valence-electron chi connectivity index (χ2n) is 5.94. The lowest BCUT2D eigenvalue weighted by molar-refractivity contribution is 0.138. The van der Waals surface area contributed by atoms with E-state index < -0.39 is 0 Å². The first-order chi connectivity index (χ1) is 9.69. The van der Waals surface area contributed by atoms with E-state index in [-0.39, 0.29) is 0 Å². The predicted octanol–water partition coefficient (Wildman–Crippen LogP) is 3.74. The summed E-state index contributed by atoms with van der Waals surface area (Å²) < 4.78 is 0. The fourth-order valence-corrected chi connectivity index (χ4v) is 3.14. The number of benzene rings is 1. The largest absolute Gasteiger partial charge is 0.314 e. The zero-order valence-electron chi connectivity index (χ0n) is 12.7. The molecule has 1 aliphatic heterocycles. The Morgan fingerprint density at radius 3 is 2.70 bits per heavy atom. The number of hydrogen-bond donors (Lipinski definition) is 1. The minimum atomic E-state index is 0.686. The van der Waals surface area contributed by atoms with Crippen LogP contribution in [0.15, 0.2) is 24.3 Å². The van der Waals surface area contributed by atoms with E-state index in [2.05, 4.69) is 36.2 Å². The van der Waals surface area contributed by atoms with E-state index in [0.717, 1.165) is 30.6 Å². The third kappa shape index (κ3) is 4.76. The molecular formula is C17H27ClN2. The Hall–Kier alpha value is -0.570. The molecule has 2 unspecified atom stereocenters. The topological polar surface area (TPSA) is 15.3 Å². The van der Waals surface area contributed by atoms with Crippen LogP contribution in [0.4, 0.5) is 0 Å². The van der Waals surface area contributed by atoms with E-state index in [1.165, 1.54) is 31.4 Å². The molecule has 0 amide bonds. The van der Waals surface area contributed by atoms with E-state index in [4.69, 9.17) is 11.6 Å². The molecule has 0 aromatic heterocycles. The zero-order chi connectivity index (χ0) is 14.4. The maximum atomic E-state index is 5.92. The van der Waals surface area contributed by atoms with Crippen molar-refractivity contribution >= 4 is 11.6 Å². The van der Waals surface area contributed by atoms with Crippen molar-refractivity contribution in [3.05, 3.63) is 34.9 Å². The smallest absolute Gasteiger partial charge is 0.0406 e. The minimum Gasteiger partial charge on any atom is -0.314 e. The van der Waals surface area contributed by atoms with Crippen LogP contribution in [0.25, 0.3) is 0 Å². The van der Waals surface area contributed by atoms with Gasteiger partial charge in [0.15, 0.2) is 0 Å². The van der Waals surface area contributed by atoms with Crippen LogP contribution in [0.1, 0.15) is 38.7 Å². The molecule has 2 atom stereocenters. The first-order valence-corrected chi connectivity index (χ1v) is 8.28. The Balaban J connectivity index is 1.75. The van der Waals surface area contributed by atoms with E-state index in [1.54, 1.807) is 0 Å². The van der Waals surface area contributed by atoms with E-state index in [0.29, 0.717) is 6.04 Å². The summed E-state index contributed by atoms with van der Waals surface area (Å²) in [6.45, 7) is 8.13. The van der Waals surface area contributed by atoms with Crippen LogP contribution >= 0.6 is 11.6 Å². The number of likely N-dealkylation sites (tertiary alicyclic amines) is 1. The van der Waals surface area contributed by atoms with Crippen molar-refractivity contribution in [1.82, 2.24) is 10.2 Å². The third-order valence-electron chi connectivity index (χ3n) is 4.30. The summed E-state index contributed by atoms with van der Waals surface area (Å²) in [4.78, 5) is 2.62. The number of nitrogens with one attached hydrogen (secondary N) is 1. The summed E-state index contributed by atoms with van der Waals surface area (Å²) in [5, 5.41) is 4.48. The fourth-order valence-electron chi connectivity index (χ4n) is 3.01. The molecule has 1 N–H and O–H groups in total. The maximum absolute atomic E-state index is 5.92. The molecule has 2 nitrogen and oxygen atoms in total. The molecule has 1 aromatic carbocycles. The van der Waals surface area contributed by atoms with Crippen molar-refractivity contribution in [2.75, 3.05) is 19.6 Å². The minimum absolute atomic E-state index is 0.686. The molecule has 1 saturated heterocycles. The van der Waals surface area contributed by atoms with Crippen LogP contribution in [-0.2, 0) is 6.42 Å². The van der Waals surface area contributed by atoms with Crippen LogP contribution in [0, 0.1) is 0 Å². The number of halogens is 1. The van der Waals surface area contributed by atoms with E-state index in [9.17, 15) is 0 Å². The molecule has 1 aliphatic rings. The first kappa shape index (κ1) is 15.8. The molecule has 0 radical (unpaired) electrons. The molecule has 0 bridgehead atoms. The summed E-state index contributed by atoms with van der Waals surface area (Å²) in [6, 6.07) is 9.66. The Bertz CT molecular complexity index is 390. The van der Waals surface area contributed by atoms with Gasteiger partial charge in [0.05, 0.1) is 0 Å². The molecule has 0 spiro atoms. The summed E-state index contributed by atoms with van der Waals surface area (Å²) in [5.41, 5.74) is 1.38. The van der Waals surface area contributed by atoms with Crippen molar-refractivity contribution in [3.63, 3.8) is 0 Å². The van der Waals surface area contributed by atoms with Crippen LogP contribution in [-0.4, -0.2) is 36.6 Å². The summed E-state index contributed by atoms with van der Waals surface area (Å²) in [7, 11) is 0. The highest BCUT2D eigenvalue weighted by molar-refractivity contribution is 6.30. The van der Waals surface area contributed by atoms with Gasteiger partial charge in [-0.05, 0) is 63.4 Å². The van der Waals surface area contributed by atoms with Gasteiger partial charge in [0.2, 0.25) is 0 Å². The van der Waals surface area contributed by atoms with Gasteiger partial charge in [-0.25, -0.2) is 0 Å². The number of rotatable bonds is 6. The lowest BCUT2D eigenvalue weighted by Gasteiger charge is -2.38. The Morgan fingerprint density at radius 1 is 1.30 bits per heavy atom. The highest BCUT2D eigenvalue weighted by Gasteiger charge is 2.24. The average Bonchev–Trinajstić information content (AvgIpc) is 2.46. The quantitative estimate of drug-likeness (QED) is 0.860. The SMILES string of the molecule is CCCNC1CCN(CCc2ccc(Cl)cc2)C(C)C1. The van der Waals surface area contributed by atoms with Crippen LogP contribution in [0.2, 0.25) is 5.02 Å². The molecule has 3 heteroatoms. The van der Waals surface area contributed by atoms with Crippen LogP contribution in [0.5, 0.6) is 0 Å². The maximum Gasteiger partial charge on any atom is 0.0406 e. The molecule has 112 valence electrons. The lowest BCUT2D eigenvalue weighted by atomic mass is 9.97. The fraction of sp³-hybridized carbons (Fsp3) is 0.647. The Kier molecular flexibility index (Phi) is 6.34. The van der Waals surface area contributed by atoms with Gasteiger partial charge in [-0.2, -0.15) is 0 Å². The highest BCUT2D eigenvalue weighted by atomic mass is 35.5. The molecule has 0 saturated carbocycles. The van der Waals surface area contributed by atoms with Gasteiger partial charge in [0.25, 0.3) is 0 Å². The van der Waals surface area contributed by atoms with Crippen molar-refractivity contribution < 1.29 is 0 Å². The molecule has 2 rings (SSSR count). The van der Waals surface area contributed by atoms with Crippen molar-refractivity contribution in [2.24, 2.45) is 0 Å². The molecule has 1 heterocycles. The van der Waals surface area contributed by atoms with Gasteiger partial charge in [0, 0.05) is 23.7 Å². The summed E-state index contributed by atoms with van der Waals surface area (Å²) in [5.74, 6) is 0. The van der Waals surface area contributed by atoms with Gasteiger partial charge < -0.3 is 10.2 Å². The van der Waals surface area contributed by atoms with Crippen molar-refractivity contribution in [3.8, 4) is 0 Å². The van der Waals surface area contributed by atoms with E-state index >= 15 is 0 Å². The normalized spacial score (nSPS) is 23.9. The molecule has 1 fully saturated rings. The number of piperidine rings is 1. The highest BCUT2D eigenvalue weighted by Crippen LogP contribution is 2.18. The molecule has 1 aromatic rings. The molecule has 20 heavy (non-hydrogen) atoms. The van der Waals surface area contributed by atoms with Gasteiger partial charge in [-0.15, -0.1) is 0 Å². The Labute approximate surface area is 128 Å². The predicted molar refractivity (Wildman–Crippen MR) is 87.5 cm³/mol. The van der Waals surface area contributed by atoms with Crippen LogP contribution < -0.4 is 5.32 Å². The van der Waals surface area contributed by atoms with Crippen molar-refractivity contribution in [2.45, 2.75) is 51.6 Å². The first-order valence-electron chi connectivity index (χ1n) is 7.91. The molecular weight excluding hydrogens is 268 g/mol. The zero-order valence-corrected chi connectivity index (χ0v) is 13.5. The Morgan fingerprint density at radius 2 is 2.05 bits per heavy atom. The summed E-state index contributed by atoms with van der Waals surface area (Å²) in [6.07, 6.45) is 4.91. The standard InChI is InChI=1S/C17H27ClN2/c1-3-10-19-17-9-12-20(14(2)13-17)11-8-15-4-6-16(18)7-5-15/h4-7,14,17,19H,3,8-13H2,1-2H3. The third-order valence-corrected chi connectivity index (χ3v) is 4.55. The summed E-state index contributed by atoms with van der Waals surface area (Å²) >= 11 is 5.92. The van der Waals surface area contributed by atoms with Crippen LogP contribution in [0.3, 0.4) is 0 Å². The van der Waals surface area contributed by atoms with Gasteiger partial charge in [-0.1, -0.05) is 30.7 Å². The van der Waals surface area contributed by atoms with E-state index in [1.807, 2.05) is 12.1 Å². The number of nitrogens with zero attached hydrogens (tertiary/aromatic N) is 1. The number of hydrogen-bond acceptors (Lipinski definition) is 2. The van der Waals surface area contributed by atoms with Gasteiger partial charge in [-0.3, -0.25) is 0 Å². The second kappa shape index (κ2) is 8.02. The monoisotopic (exact) mass is 294 g/mol. The average molecular weight is 295 g/mol.